The van der Waals surface area contributed by atoms with Crippen molar-refractivity contribution in [3.63, 3.8) is 0 Å². The smallest absolute Gasteiger partial charge is 0.290 e. The molecule has 10 nitrogen and oxygen atoms in total. The molecule has 1 saturated heterocycles. The van der Waals surface area contributed by atoms with Gasteiger partial charge in [0.25, 0.3) is 5.91 Å². The molecule has 0 radical (unpaired) electrons. The van der Waals surface area contributed by atoms with E-state index in [2.05, 4.69) is 4.90 Å². The zero-order valence-electron chi connectivity index (χ0n) is 24.4. The lowest BCUT2D eigenvalue weighted by Gasteiger charge is -2.30. The van der Waals surface area contributed by atoms with Crippen molar-refractivity contribution in [2.24, 2.45) is 0 Å². The molecule has 1 aromatic heterocycles. The van der Waals surface area contributed by atoms with Gasteiger partial charge in [-0.15, -0.1) is 0 Å². The minimum absolute atomic E-state index is 0.0111. The fourth-order valence-corrected chi connectivity index (χ4v) is 5.49. The number of carbonyl (C=O) groups excluding carboxylic acids is 2. The molecule has 42 heavy (non-hydrogen) atoms. The topological polar surface area (TPSA) is 111 Å². The van der Waals surface area contributed by atoms with Crippen molar-refractivity contribution < 1.29 is 38.1 Å². The normalized spacial score (nSPS) is 17.7. The number of Topliss-reactive ketones (excluding diaryl/α,β-unsaturated/α-hetero) is 1. The van der Waals surface area contributed by atoms with E-state index in [0.29, 0.717) is 73.2 Å². The molecule has 224 valence electrons. The van der Waals surface area contributed by atoms with Crippen molar-refractivity contribution in [2.75, 3.05) is 59.7 Å². The Kier molecular flexibility index (Phi) is 9.34. The Bertz CT molecular complexity index is 1460. The van der Waals surface area contributed by atoms with Gasteiger partial charge in [0.1, 0.15) is 0 Å². The van der Waals surface area contributed by atoms with Crippen LogP contribution >= 0.6 is 0 Å². The van der Waals surface area contributed by atoms with Crippen molar-refractivity contribution >= 4 is 22.7 Å². The summed E-state index contributed by atoms with van der Waals surface area (Å²) >= 11 is 0. The van der Waals surface area contributed by atoms with Crippen LogP contribution in [0.4, 0.5) is 0 Å². The second kappa shape index (κ2) is 13.3. The number of nitrogens with zero attached hydrogens (tertiary/aromatic N) is 2. The lowest BCUT2D eigenvalue weighted by atomic mass is 9.94. The Morgan fingerprint density at radius 3 is 2.57 bits per heavy atom. The molecule has 2 aliphatic rings. The van der Waals surface area contributed by atoms with Gasteiger partial charge in [-0.2, -0.15) is 0 Å². The number of aliphatic hydroxyl groups excluding tert-OH is 1. The van der Waals surface area contributed by atoms with Crippen LogP contribution in [0.15, 0.2) is 58.2 Å². The molecule has 2 aliphatic heterocycles. The van der Waals surface area contributed by atoms with Gasteiger partial charge in [-0.25, -0.2) is 0 Å². The highest BCUT2D eigenvalue weighted by Gasteiger charge is 2.44. The molecule has 3 heterocycles. The predicted molar refractivity (Wildman–Crippen MR) is 156 cm³/mol. The highest BCUT2D eigenvalue weighted by Crippen LogP contribution is 2.42. The molecule has 0 saturated carbocycles. The number of fused-ring (bicyclic) bond motifs is 1. The van der Waals surface area contributed by atoms with E-state index in [1.165, 1.54) is 7.11 Å². The molecule has 1 unspecified atom stereocenters. The van der Waals surface area contributed by atoms with E-state index in [1.807, 2.05) is 26.0 Å². The summed E-state index contributed by atoms with van der Waals surface area (Å²) in [4.78, 5) is 31.4. The molecule has 1 fully saturated rings. The molecule has 3 aromatic rings. The van der Waals surface area contributed by atoms with Gasteiger partial charge in [0.05, 0.1) is 45.2 Å². The molecular formula is C32H38N2O8. The molecule has 0 spiro atoms. The van der Waals surface area contributed by atoms with Gasteiger partial charge in [-0.05, 0) is 49.6 Å². The van der Waals surface area contributed by atoms with Gasteiger partial charge < -0.3 is 33.4 Å². The van der Waals surface area contributed by atoms with Crippen LogP contribution in [0.1, 0.15) is 48.8 Å². The second-order valence-corrected chi connectivity index (χ2v) is 10.3. The van der Waals surface area contributed by atoms with E-state index in [9.17, 15) is 14.7 Å². The number of ketones is 1. The zero-order chi connectivity index (χ0) is 29.6. The number of methoxy groups -OCH3 is 1. The zero-order valence-corrected chi connectivity index (χ0v) is 24.4. The maximum Gasteiger partial charge on any atom is 0.290 e. The Morgan fingerprint density at radius 1 is 1.02 bits per heavy atom. The highest BCUT2D eigenvalue weighted by atomic mass is 16.5. The Morgan fingerprint density at radius 2 is 1.83 bits per heavy atom. The summed E-state index contributed by atoms with van der Waals surface area (Å²) in [5.41, 5.74) is 1.01. The van der Waals surface area contributed by atoms with Crippen molar-refractivity contribution in [2.45, 2.75) is 32.7 Å². The van der Waals surface area contributed by atoms with E-state index in [-0.39, 0.29) is 11.3 Å². The molecule has 1 atom stereocenters. The Hall–Kier alpha value is -4.02. The van der Waals surface area contributed by atoms with Gasteiger partial charge in [0.15, 0.2) is 34.4 Å². The first-order valence-electron chi connectivity index (χ1n) is 14.5. The number of ether oxygens (including phenoxy) is 4. The fourth-order valence-electron chi connectivity index (χ4n) is 5.49. The maximum absolute atomic E-state index is 14.0. The van der Waals surface area contributed by atoms with E-state index < -0.39 is 23.5 Å². The van der Waals surface area contributed by atoms with Crippen molar-refractivity contribution in [3.05, 3.63) is 65.1 Å². The number of aliphatic hydroxyl groups is 1. The van der Waals surface area contributed by atoms with Crippen LogP contribution in [-0.4, -0.2) is 86.3 Å². The van der Waals surface area contributed by atoms with Crippen LogP contribution in [0.2, 0.25) is 0 Å². The van der Waals surface area contributed by atoms with Crippen LogP contribution < -0.4 is 14.2 Å². The van der Waals surface area contributed by atoms with Crippen LogP contribution in [0.25, 0.3) is 11.0 Å². The molecular weight excluding hydrogens is 540 g/mol. The van der Waals surface area contributed by atoms with Gasteiger partial charge >= 0.3 is 0 Å². The number of hydrogen-bond acceptors (Lipinski definition) is 9. The standard InChI is InChI=1S/C32H38N2O8/c1-4-16-41-23-11-10-21(19-25(23)40-5-2)28-27(29(35)26-20-22-8-6-9-24(38-3)31(22)42-26)30(36)32(37)34(28)13-7-12-33-14-17-39-18-15-33/h6,8-11,19-20,28,36H,4-5,7,12-18H2,1-3H3. The average molecular weight is 579 g/mol. The van der Waals surface area contributed by atoms with Gasteiger partial charge in [-0.1, -0.05) is 25.1 Å². The summed E-state index contributed by atoms with van der Waals surface area (Å²) in [6.07, 6.45) is 1.49. The minimum Gasteiger partial charge on any atom is -0.503 e. The van der Waals surface area contributed by atoms with E-state index in [4.69, 9.17) is 23.4 Å². The van der Waals surface area contributed by atoms with Crippen molar-refractivity contribution in [3.8, 4) is 17.2 Å². The number of rotatable bonds is 13. The minimum atomic E-state index is -0.843. The third kappa shape index (κ3) is 5.96. The molecule has 10 heteroatoms. The van der Waals surface area contributed by atoms with Crippen molar-refractivity contribution in [1.82, 2.24) is 9.80 Å². The van der Waals surface area contributed by atoms with E-state index in [0.717, 1.165) is 26.1 Å². The molecule has 2 aromatic carbocycles. The third-order valence-electron chi connectivity index (χ3n) is 7.52. The summed E-state index contributed by atoms with van der Waals surface area (Å²) in [5, 5.41) is 11.9. The molecule has 0 aliphatic carbocycles. The molecule has 1 amide bonds. The lowest BCUT2D eigenvalue weighted by molar-refractivity contribution is -0.129. The number of carbonyl (C=O) groups is 2. The molecule has 0 bridgehead atoms. The van der Waals surface area contributed by atoms with Crippen LogP contribution in [0, 0.1) is 0 Å². The SMILES string of the molecule is CCCOc1ccc(C2C(C(=O)c3cc4cccc(OC)c4o3)=C(O)C(=O)N2CCCN2CCOCC2)cc1OCC. The molecule has 1 N–H and O–H groups in total. The van der Waals surface area contributed by atoms with Crippen molar-refractivity contribution in [1.29, 1.82) is 0 Å². The largest absolute Gasteiger partial charge is 0.503 e. The quantitative estimate of drug-likeness (QED) is 0.282. The number of hydrogen-bond donors (Lipinski definition) is 1. The summed E-state index contributed by atoms with van der Waals surface area (Å²) < 4.78 is 28.5. The van der Waals surface area contributed by atoms with Gasteiger partial charge in [0.2, 0.25) is 5.78 Å². The number of amides is 1. The molecule has 5 rings (SSSR count). The average Bonchev–Trinajstić information content (AvgIpc) is 3.56. The number of morpholine rings is 1. The first-order valence-corrected chi connectivity index (χ1v) is 14.5. The fraction of sp³-hybridized carbons (Fsp3) is 0.438. The van der Waals surface area contributed by atoms with Crippen LogP contribution in [-0.2, 0) is 9.53 Å². The van der Waals surface area contributed by atoms with E-state index in [1.54, 1.807) is 35.2 Å². The Balaban J connectivity index is 1.51. The first kappa shape index (κ1) is 29.5. The maximum atomic E-state index is 14.0. The summed E-state index contributed by atoms with van der Waals surface area (Å²) in [5.74, 6) is -0.151. The highest BCUT2D eigenvalue weighted by molar-refractivity contribution is 6.16. The predicted octanol–water partition coefficient (Wildman–Crippen LogP) is 4.93. The van der Waals surface area contributed by atoms with Crippen LogP contribution in [0.5, 0.6) is 17.2 Å². The Labute approximate surface area is 245 Å². The van der Waals surface area contributed by atoms with Gasteiger partial charge in [0, 0.05) is 31.6 Å². The second-order valence-electron chi connectivity index (χ2n) is 10.3. The van der Waals surface area contributed by atoms with E-state index >= 15 is 0 Å². The lowest BCUT2D eigenvalue weighted by Crippen LogP contribution is -2.39. The monoisotopic (exact) mass is 578 g/mol. The summed E-state index contributed by atoms with van der Waals surface area (Å²) in [7, 11) is 1.53. The number of benzene rings is 2. The summed E-state index contributed by atoms with van der Waals surface area (Å²) in [6, 6.07) is 11.5. The summed E-state index contributed by atoms with van der Waals surface area (Å²) in [6.45, 7) is 8.96. The van der Waals surface area contributed by atoms with Crippen LogP contribution in [0.3, 0.4) is 0 Å². The first-order chi connectivity index (χ1) is 20.5. The van der Waals surface area contributed by atoms with Gasteiger partial charge in [-0.3, -0.25) is 14.5 Å². The number of para-hydroxylation sites is 1. The third-order valence-corrected chi connectivity index (χ3v) is 7.52. The number of furan rings is 1.